The highest BCUT2D eigenvalue weighted by molar-refractivity contribution is 5.13. The highest BCUT2D eigenvalue weighted by Crippen LogP contribution is 2.37. The molecule has 0 spiro atoms. The first-order valence-electron chi connectivity index (χ1n) is 6.83. The molecule has 1 aromatic rings. The van der Waals surface area contributed by atoms with Gasteiger partial charge in [-0.3, -0.25) is 0 Å². The van der Waals surface area contributed by atoms with Gasteiger partial charge in [0.25, 0.3) is 0 Å². The monoisotopic (exact) mass is 262 g/mol. The maximum Gasteiger partial charge on any atom is 0.107 e. The van der Waals surface area contributed by atoms with Crippen LogP contribution in [0.15, 0.2) is 43.0 Å². The molecule has 3 heteroatoms. The van der Waals surface area contributed by atoms with Crippen molar-refractivity contribution in [2.45, 2.75) is 37.9 Å². The van der Waals surface area contributed by atoms with E-state index in [4.69, 9.17) is 9.78 Å². The van der Waals surface area contributed by atoms with Crippen molar-refractivity contribution in [2.24, 2.45) is 5.92 Å². The van der Waals surface area contributed by atoms with E-state index in [9.17, 15) is 5.11 Å². The van der Waals surface area contributed by atoms with E-state index >= 15 is 0 Å². The second-order valence-electron chi connectivity index (χ2n) is 5.36. The van der Waals surface area contributed by atoms with E-state index in [2.05, 4.69) is 6.58 Å². The third-order valence-electron chi connectivity index (χ3n) is 3.67. The molecule has 0 saturated heterocycles. The first kappa shape index (κ1) is 14.3. The van der Waals surface area contributed by atoms with Crippen molar-refractivity contribution in [2.75, 3.05) is 6.61 Å². The van der Waals surface area contributed by atoms with Gasteiger partial charge in [-0.25, -0.2) is 9.78 Å². The second kappa shape index (κ2) is 6.85. The summed E-state index contributed by atoms with van der Waals surface area (Å²) in [7, 11) is 0. The summed E-state index contributed by atoms with van der Waals surface area (Å²) in [6, 6.07) is 9.93. The standard InChI is InChI=1S/C16H22O3/c1-2-9-16(17)10-8-15(11-16)13-19-18-12-14-6-4-3-5-7-14/h2-7,15,17H,1,8-13H2/t15-,16?/m1/s1. The van der Waals surface area contributed by atoms with Crippen molar-refractivity contribution in [1.29, 1.82) is 0 Å². The van der Waals surface area contributed by atoms with Crippen LogP contribution in [0.25, 0.3) is 0 Å². The van der Waals surface area contributed by atoms with Gasteiger partial charge < -0.3 is 5.11 Å². The molecule has 1 fully saturated rings. The Kier molecular flexibility index (Phi) is 5.14. The van der Waals surface area contributed by atoms with Gasteiger partial charge in [0.15, 0.2) is 0 Å². The quantitative estimate of drug-likeness (QED) is 0.355. The van der Waals surface area contributed by atoms with E-state index in [0.717, 1.165) is 24.8 Å². The van der Waals surface area contributed by atoms with Gasteiger partial charge in [0.05, 0.1) is 12.2 Å². The molecule has 0 aliphatic heterocycles. The van der Waals surface area contributed by atoms with Crippen LogP contribution in [0, 0.1) is 5.92 Å². The number of hydrogen-bond acceptors (Lipinski definition) is 3. The molecule has 104 valence electrons. The van der Waals surface area contributed by atoms with Crippen LogP contribution in [0.3, 0.4) is 0 Å². The van der Waals surface area contributed by atoms with Gasteiger partial charge in [-0.15, -0.1) is 6.58 Å². The Labute approximate surface area is 114 Å². The van der Waals surface area contributed by atoms with Crippen LogP contribution in [0.5, 0.6) is 0 Å². The van der Waals surface area contributed by atoms with E-state index in [0.29, 0.717) is 25.6 Å². The molecule has 0 aromatic heterocycles. The summed E-state index contributed by atoms with van der Waals surface area (Å²) in [6.07, 6.45) is 5.03. The van der Waals surface area contributed by atoms with Gasteiger partial charge >= 0.3 is 0 Å². The van der Waals surface area contributed by atoms with Crippen LogP contribution in [-0.4, -0.2) is 17.3 Å². The Morgan fingerprint density at radius 2 is 2.11 bits per heavy atom. The lowest BCUT2D eigenvalue weighted by molar-refractivity contribution is -0.310. The lowest BCUT2D eigenvalue weighted by Gasteiger charge is -2.20. The van der Waals surface area contributed by atoms with E-state index in [-0.39, 0.29) is 0 Å². The second-order valence-corrected chi connectivity index (χ2v) is 5.36. The lowest BCUT2D eigenvalue weighted by Crippen LogP contribution is -2.24. The smallest absolute Gasteiger partial charge is 0.107 e. The third-order valence-corrected chi connectivity index (χ3v) is 3.67. The van der Waals surface area contributed by atoms with Crippen molar-refractivity contribution >= 4 is 0 Å². The van der Waals surface area contributed by atoms with Crippen LogP contribution in [-0.2, 0) is 16.4 Å². The molecule has 3 nitrogen and oxygen atoms in total. The topological polar surface area (TPSA) is 38.7 Å². The highest BCUT2D eigenvalue weighted by Gasteiger charge is 2.36. The summed E-state index contributed by atoms with van der Waals surface area (Å²) < 4.78 is 0. The molecule has 1 N–H and O–H groups in total. The van der Waals surface area contributed by atoms with Gasteiger partial charge in [-0.2, -0.15) is 0 Å². The molecule has 0 heterocycles. The first-order chi connectivity index (χ1) is 9.22. The summed E-state index contributed by atoms with van der Waals surface area (Å²) in [6.45, 7) is 4.70. The molecule has 1 aliphatic rings. The zero-order valence-electron chi connectivity index (χ0n) is 11.3. The van der Waals surface area contributed by atoms with E-state index in [1.165, 1.54) is 0 Å². The Hall–Kier alpha value is -1.16. The average molecular weight is 262 g/mol. The van der Waals surface area contributed by atoms with Crippen molar-refractivity contribution in [3.63, 3.8) is 0 Å². The van der Waals surface area contributed by atoms with Gasteiger partial charge in [0.2, 0.25) is 0 Å². The molecule has 1 unspecified atom stereocenters. The third kappa shape index (κ3) is 4.46. The van der Waals surface area contributed by atoms with Crippen LogP contribution in [0.1, 0.15) is 31.2 Å². The van der Waals surface area contributed by atoms with Gasteiger partial charge in [0, 0.05) is 0 Å². The Morgan fingerprint density at radius 1 is 1.32 bits per heavy atom. The van der Waals surface area contributed by atoms with Crippen molar-refractivity contribution in [1.82, 2.24) is 0 Å². The molecule has 0 radical (unpaired) electrons. The minimum atomic E-state index is -0.574. The van der Waals surface area contributed by atoms with Crippen molar-refractivity contribution in [3.8, 4) is 0 Å². The van der Waals surface area contributed by atoms with Crippen LogP contribution >= 0.6 is 0 Å². The van der Waals surface area contributed by atoms with Crippen molar-refractivity contribution < 1.29 is 14.9 Å². The molecule has 1 saturated carbocycles. The molecule has 19 heavy (non-hydrogen) atoms. The zero-order chi connectivity index (χ0) is 13.6. The van der Waals surface area contributed by atoms with Crippen LogP contribution in [0.4, 0.5) is 0 Å². The summed E-state index contributed by atoms with van der Waals surface area (Å²) in [4.78, 5) is 10.5. The van der Waals surface area contributed by atoms with Gasteiger partial charge in [-0.05, 0) is 37.2 Å². The Balaban J connectivity index is 1.63. The molecule has 0 amide bonds. The fraction of sp³-hybridized carbons (Fsp3) is 0.500. The minimum absolute atomic E-state index is 0.376. The maximum absolute atomic E-state index is 10.2. The molecule has 1 aliphatic carbocycles. The number of aliphatic hydroxyl groups is 1. The summed E-state index contributed by atoms with van der Waals surface area (Å²) in [5.74, 6) is 0.376. The Bertz CT molecular complexity index is 390. The summed E-state index contributed by atoms with van der Waals surface area (Å²) in [5, 5.41) is 10.2. The summed E-state index contributed by atoms with van der Waals surface area (Å²) >= 11 is 0. The fourth-order valence-corrected chi connectivity index (χ4v) is 2.64. The van der Waals surface area contributed by atoms with E-state index in [1.807, 2.05) is 30.3 Å². The van der Waals surface area contributed by atoms with E-state index < -0.39 is 5.60 Å². The molecular weight excluding hydrogens is 240 g/mol. The largest absolute Gasteiger partial charge is 0.390 e. The predicted octanol–water partition coefficient (Wildman–Crippen LogP) is 3.24. The normalized spacial score (nSPS) is 26.5. The average Bonchev–Trinajstić information content (AvgIpc) is 2.78. The lowest BCUT2D eigenvalue weighted by atomic mass is 9.97. The zero-order valence-corrected chi connectivity index (χ0v) is 11.3. The number of hydrogen-bond donors (Lipinski definition) is 1. The summed E-state index contributed by atoms with van der Waals surface area (Å²) in [5.41, 5.74) is 0.520. The van der Waals surface area contributed by atoms with Crippen molar-refractivity contribution in [3.05, 3.63) is 48.6 Å². The molecular formula is C16H22O3. The van der Waals surface area contributed by atoms with Crippen LogP contribution in [0.2, 0.25) is 0 Å². The van der Waals surface area contributed by atoms with E-state index in [1.54, 1.807) is 6.08 Å². The predicted molar refractivity (Wildman–Crippen MR) is 74.3 cm³/mol. The maximum atomic E-state index is 10.2. The van der Waals surface area contributed by atoms with Crippen LogP contribution < -0.4 is 0 Å². The number of rotatable bonds is 7. The SMILES string of the molecule is C=CCC1(O)CC[C@@H](COOCc2ccccc2)C1. The number of benzene rings is 1. The van der Waals surface area contributed by atoms with Gasteiger partial charge in [-0.1, -0.05) is 36.4 Å². The molecule has 2 rings (SSSR count). The van der Waals surface area contributed by atoms with Gasteiger partial charge in [0.1, 0.15) is 6.61 Å². The Morgan fingerprint density at radius 3 is 2.84 bits per heavy atom. The minimum Gasteiger partial charge on any atom is -0.390 e. The molecule has 2 atom stereocenters. The molecule has 1 aromatic carbocycles. The fourth-order valence-electron chi connectivity index (χ4n) is 2.64. The highest BCUT2D eigenvalue weighted by atomic mass is 17.2. The molecule has 0 bridgehead atoms. The first-order valence-corrected chi connectivity index (χ1v) is 6.83.